The number of rotatable bonds is 44. The Morgan fingerprint density at radius 1 is 0.525 bits per heavy atom. The molecule has 0 rings (SSSR count). The van der Waals surface area contributed by atoms with Crippen molar-refractivity contribution in [2.45, 2.75) is 213 Å². The molecule has 0 spiro atoms. The number of ether oxygens (including phenoxy) is 1. The largest absolute Gasteiger partial charge is 0.472 e. The van der Waals surface area contributed by atoms with Crippen LogP contribution in [0.1, 0.15) is 206 Å². The molecule has 0 saturated heterocycles. The van der Waals surface area contributed by atoms with Gasteiger partial charge in [-0.1, -0.05) is 171 Å². The average Bonchev–Trinajstić information content (AvgIpc) is 3.22. The van der Waals surface area contributed by atoms with Crippen molar-refractivity contribution >= 4 is 19.7 Å². The molecule has 0 bridgehead atoms. The summed E-state index contributed by atoms with van der Waals surface area (Å²) in [5.41, 5.74) is 0. The third-order valence-electron chi connectivity index (χ3n) is 9.92. The SMILES string of the molecule is CCCCC/C=C\C/C=C\C/C=C\C/C=C\CCCCCC(=O)OCC(O)COP(=O)(O)OCCNC(=O)CCCCCCCCCCC/C=C/CCCCCCCC. The lowest BCUT2D eigenvalue weighted by atomic mass is 10.1. The van der Waals surface area contributed by atoms with Gasteiger partial charge in [-0.2, -0.15) is 0 Å². The average molecular weight is 850 g/mol. The monoisotopic (exact) mass is 850 g/mol. The molecule has 2 unspecified atom stereocenters. The second kappa shape index (κ2) is 45.2. The fourth-order valence-electron chi connectivity index (χ4n) is 6.30. The number of unbranched alkanes of at least 4 members (excludes halogenated alkanes) is 21. The van der Waals surface area contributed by atoms with E-state index in [1.165, 1.54) is 116 Å². The third-order valence-corrected chi connectivity index (χ3v) is 10.9. The van der Waals surface area contributed by atoms with Crippen LogP contribution in [0.15, 0.2) is 60.8 Å². The van der Waals surface area contributed by atoms with E-state index in [1.807, 2.05) is 0 Å². The molecular formula is C49H88NO8P. The summed E-state index contributed by atoms with van der Waals surface area (Å²) >= 11 is 0. The Labute approximate surface area is 361 Å². The number of phosphoric acid groups is 1. The van der Waals surface area contributed by atoms with Crippen LogP contribution in [0.5, 0.6) is 0 Å². The Morgan fingerprint density at radius 3 is 1.44 bits per heavy atom. The minimum absolute atomic E-state index is 0.0748. The number of aliphatic hydroxyl groups is 1. The summed E-state index contributed by atoms with van der Waals surface area (Å²) in [5, 5.41) is 12.7. The predicted octanol–water partition coefficient (Wildman–Crippen LogP) is 13.7. The molecule has 342 valence electrons. The molecular weight excluding hydrogens is 762 g/mol. The smallest absolute Gasteiger partial charge is 0.463 e. The first-order valence-corrected chi connectivity index (χ1v) is 25.3. The molecule has 0 aliphatic heterocycles. The van der Waals surface area contributed by atoms with E-state index in [1.54, 1.807) is 0 Å². The second-order valence-electron chi connectivity index (χ2n) is 15.7. The molecule has 0 heterocycles. The summed E-state index contributed by atoms with van der Waals surface area (Å²) in [5.74, 6) is -0.550. The number of nitrogens with one attached hydrogen (secondary N) is 1. The fraction of sp³-hybridized carbons (Fsp3) is 0.755. The van der Waals surface area contributed by atoms with Gasteiger partial charge in [0.2, 0.25) is 5.91 Å². The van der Waals surface area contributed by atoms with E-state index in [4.69, 9.17) is 13.8 Å². The van der Waals surface area contributed by atoms with Gasteiger partial charge < -0.3 is 20.1 Å². The number of amides is 1. The Morgan fingerprint density at radius 2 is 0.915 bits per heavy atom. The summed E-state index contributed by atoms with van der Waals surface area (Å²) in [6, 6.07) is 0. The summed E-state index contributed by atoms with van der Waals surface area (Å²) in [4.78, 5) is 34.0. The molecule has 0 saturated carbocycles. The third kappa shape index (κ3) is 46.6. The quantitative estimate of drug-likeness (QED) is 0.0239. The van der Waals surface area contributed by atoms with Gasteiger partial charge in [0, 0.05) is 19.4 Å². The van der Waals surface area contributed by atoms with Crippen LogP contribution in [0.4, 0.5) is 0 Å². The van der Waals surface area contributed by atoms with Gasteiger partial charge in [-0.15, -0.1) is 0 Å². The highest BCUT2D eigenvalue weighted by Crippen LogP contribution is 2.42. The van der Waals surface area contributed by atoms with Gasteiger partial charge in [0.15, 0.2) is 0 Å². The second-order valence-corrected chi connectivity index (χ2v) is 17.2. The van der Waals surface area contributed by atoms with Crippen LogP contribution in [-0.4, -0.2) is 54.3 Å². The number of carbonyl (C=O) groups excluding carboxylic acids is 2. The number of hydrogen-bond donors (Lipinski definition) is 3. The van der Waals surface area contributed by atoms with Crippen molar-refractivity contribution in [1.29, 1.82) is 0 Å². The van der Waals surface area contributed by atoms with Crippen molar-refractivity contribution < 1.29 is 37.9 Å². The molecule has 9 nitrogen and oxygen atoms in total. The number of aliphatic hydroxyl groups excluding tert-OH is 1. The standard InChI is InChI=1S/C49H88NO8P/c1-3-5-7-9-11-13-15-17-19-21-23-25-27-29-31-33-35-37-39-41-48(52)50-43-44-57-59(54,55)58-46-47(51)45-56-49(53)42-40-38-36-34-32-30-28-26-24-22-20-18-16-14-12-10-8-6-4-2/h12,14,17-20,24,26,30,32,47,51H,3-11,13,15-16,21-23,25,27-29,31,33-46H2,1-2H3,(H,50,52)(H,54,55)/b14-12-,19-17+,20-18-,26-24-,32-30-. The molecule has 10 heteroatoms. The van der Waals surface area contributed by atoms with Crippen molar-refractivity contribution in [1.82, 2.24) is 5.32 Å². The number of allylic oxidation sites excluding steroid dienone is 10. The Bertz CT molecular complexity index is 1150. The van der Waals surface area contributed by atoms with Crippen LogP contribution in [0.25, 0.3) is 0 Å². The number of phosphoric ester groups is 1. The van der Waals surface area contributed by atoms with E-state index in [9.17, 15) is 24.2 Å². The molecule has 2 atom stereocenters. The molecule has 3 N–H and O–H groups in total. The highest BCUT2D eigenvalue weighted by molar-refractivity contribution is 7.47. The number of carbonyl (C=O) groups is 2. The lowest BCUT2D eigenvalue weighted by molar-refractivity contribution is -0.147. The van der Waals surface area contributed by atoms with Gasteiger partial charge in [0.1, 0.15) is 12.7 Å². The lowest BCUT2D eigenvalue weighted by Gasteiger charge is -2.15. The van der Waals surface area contributed by atoms with Gasteiger partial charge in [-0.25, -0.2) is 4.57 Å². The first kappa shape index (κ1) is 56.7. The topological polar surface area (TPSA) is 131 Å². The predicted molar refractivity (Wildman–Crippen MR) is 247 cm³/mol. The van der Waals surface area contributed by atoms with Crippen LogP contribution >= 0.6 is 7.82 Å². The molecule has 0 radical (unpaired) electrons. The maximum absolute atomic E-state index is 12.1. The van der Waals surface area contributed by atoms with Gasteiger partial charge in [0.25, 0.3) is 0 Å². The first-order valence-electron chi connectivity index (χ1n) is 23.8. The van der Waals surface area contributed by atoms with Gasteiger partial charge in [0.05, 0.1) is 13.2 Å². The number of esters is 1. The van der Waals surface area contributed by atoms with Crippen LogP contribution in [-0.2, 0) is 27.9 Å². The molecule has 0 aliphatic carbocycles. The van der Waals surface area contributed by atoms with E-state index in [2.05, 4.69) is 79.9 Å². The molecule has 0 aliphatic rings. The zero-order valence-electron chi connectivity index (χ0n) is 37.7. The fourth-order valence-corrected chi connectivity index (χ4v) is 7.06. The van der Waals surface area contributed by atoms with Crippen LogP contribution in [0.2, 0.25) is 0 Å². The van der Waals surface area contributed by atoms with E-state index in [0.29, 0.717) is 12.8 Å². The summed E-state index contributed by atoms with van der Waals surface area (Å²) in [6.07, 6.45) is 54.4. The zero-order chi connectivity index (χ0) is 43.2. The minimum Gasteiger partial charge on any atom is -0.463 e. The van der Waals surface area contributed by atoms with Crippen molar-refractivity contribution in [3.63, 3.8) is 0 Å². The van der Waals surface area contributed by atoms with Crippen molar-refractivity contribution in [2.75, 3.05) is 26.4 Å². The Balaban J connectivity index is 3.64. The van der Waals surface area contributed by atoms with E-state index < -0.39 is 26.5 Å². The van der Waals surface area contributed by atoms with E-state index in [-0.39, 0.29) is 32.1 Å². The van der Waals surface area contributed by atoms with Crippen LogP contribution < -0.4 is 5.32 Å². The van der Waals surface area contributed by atoms with Crippen LogP contribution in [0.3, 0.4) is 0 Å². The van der Waals surface area contributed by atoms with Crippen LogP contribution in [0, 0.1) is 0 Å². The van der Waals surface area contributed by atoms with E-state index in [0.717, 1.165) is 57.8 Å². The normalized spacial score (nSPS) is 13.8. The van der Waals surface area contributed by atoms with Gasteiger partial charge >= 0.3 is 13.8 Å². The summed E-state index contributed by atoms with van der Waals surface area (Å²) in [7, 11) is -4.43. The molecule has 59 heavy (non-hydrogen) atoms. The van der Waals surface area contributed by atoms with Gasteiger partial charge in [-0.3, -0.25) is 18.6 Å². The highest BCUT2D eigenvalue weighted by atomic mass is 31.2. The minimum atomic E-state index is -4.43. The molecule has 0 aromatic heterocycles. The molecule has 0 aromatic rings. The van der Waals surface area contributed by atoms with Crippen molar-refractivity contribution in [3.05, 3.63) is 60.8 Å². The summed E-state index contributed by atoms with van der Waals surface area (Å²) in [6.45, 7) is 3.49. The molecule has 0 aromatic carbocycles. The van der Waals surface area contributed by atoms with Crippen molar-refractivity contribution in [2.24, 2.45) is 0 Å². The van der Waals surface area contributed by atoms with Gasteiger partial charge in [-0.05, 0) is 83.5 Å². The Hall–Kier alpha value is -2.29. The number of hydrogen-bond acceptors (Lipinski definition) is 7. The highest BCUT2D eigenvalue weighted by Gasteiger charge is 2.23. The molecule has 1 amide bonds. The Kier molecular flexibility index (Phi) is 43.5. The first-order chi connectivity index (χ1) is 28.8. The lowest BCUT2D eigenvalue weighted by Crippen LogP contribution is -2.27. The van der Waals surface area contributed by atoms with E-state index >= 15 is 0 Å². The maximum atomic E-state index is 12.1. The summed E-state index contributed by atoms with van der Waals surface area (Å²) < 4.78 is 26.9. The molecule has 0 fully saturated rings. The zero-order valence-corrected chi connectivity index (χ0v) is 38.6. The maximum Gasteiger partial charge on any atom is 0.472 e. The van der Waals surface area contributed by atoms with Crippen molar-refractivity contribution in [3.8, 4) is 0 Å².